The van der Waals surface area contributed by atoms with Crippen molar-refractivity contribution in [3.05, 3.63) is 35.9 Å². The minimum absolute atomic E-state index is 0.0859. The largest absolute Gasteiger partial charge is 0.445 e. The van der Waals surface area contributed by atoms with Gasteiger partial charge in [0.2, 0.25) is 6.23 Å². The average molecular weight is 292 g/mol. The summed E-state index contributed by atoms with van der Waals surface area (Å²) in [6.07, 6.45) is -1.65. The molecule has 0 spiro atoms. The fourth-order valence-corrected chi connectivity index (χ4v) is 1.86. The molecule has 2 atom stereocenters. The molecule has 1 aliphatic heterocycles. The number of esters is 1. The van der Waals surface area contributed by atoms with E-state index in [2.05, 4.69) is 10.6 Å². The van der Waals surface area contributed by atoms with Crippen molar-refractivity contribution in [1.29, 1.82) is 0 Å². The highest BCUT2D eigenvalue weighted by Gasteiger charge is 2.55. The number of nitrogens with one attached hydrogen (secondary N) is 2. The van der Waals surface area contributed by atoms with E-state index in [1.165, 1.54) is 13.8 Å². The van der Waals surface area contributed by atoms with Gasteiger partial charge in [-0.1, -0.05) is 30.3 Å². The Kier molecular flexibility index (Phi) is 4.11. The van der Waals surface area contributed by atoms with Crippen LogP contribution in [0, 0.1) is 0 Å². The number of rotatable bonds is 4. The molecular weight excluding hydrogens is 276 g/mol. The number of carbonyl (C=O) groups excluding carboxylic acids is 3. The monoisotopic (exact) mass is 292 g/mol. The Hall–Kier alpha value is -2.57. The van der Waals surface area contributed by atoms with Crippen LogP contribution in [-0.4, -0.2) is 29.7 Å². The van der Waals surface area contributed by atoms with Crippen molar-refractivity contribution in [2.45, 2.75) is 32.2 Å². The van der Waals surface area contributed by atoms with Gasteiger partial charge in [-0.25, -0.2) is 4.79 Å². The lowest BCUT2D eigenvalue weighted by Crippen LogP contribution is -2.78. The van der Waals surface area contributed by atoms with Crippen molar-refractivity contribution in [3.63, 3.8) is 0 Å². The first-order valence-corrected chi connectivity index (χ1v) is 6.39. The quantitative estimate of drug-likeness (QED) is 0.629. The van der Waals surface area contributed by atoms with E-state index in [4.69, 9.17) is 9.47 Å². The number of carbonyl (C=O) groups is 3. The summed E-state index contributed by atoms with van der Waals surface area (Å²) >= 11 is 0. The van der Waals surface area contributed by atoms with E-state index in [1.807, 2.05) is 30.3 Å². The number of hydrogen-bond acceptors (Lipinski definition) is 5. The molecule has 0 saturated carbocycles. The average Bonchev–Trinajstić information content (AvgIpc) is 2.45. The predicted octanol–water partition coefficient (Wildman–Crippen LogP) is 0.690. The minimum atomic E-state index is -1.32. The standard InChI is InChI=1S/C14H16N2O5/c1-9(17)21-12-14(2,11(18)15-12)16-13(19)20-8-10-6-4-3-5-7-10/h3-7,12H,8H2,1-2H3,(H,15,18)(H,16,19)/t12-,14+/m0/s1. The number of alkyl carbamates (subject to hydrolysis) is 1. The van der Waals surface area contributed by atoms with Crippen molar-refractivity contribution >= 4 is 18.0 Å². The summed E-state index contributed by atoms with van der Waals surface area (Å²) in [7, 11) is 0. The van der Waals surface area contributed by atoms with Crippen LogP contribution in [-0.2, 0) is 25.7 Å². The molecule has 2 N–H and O–H groups in total. The lowest BCUT2D eigenvalue weighted by molar-refractivity contribution is -0.171. The molecule has 1 aromatic carbocycles. The van der Waals surface area contributed by atoms with Gasteiger partial charge in [0.15, 0.2) is 5.54 Å². The molecule has 1 fully saturated rings. The highest BCUT2D eigenvalue weighted by Crippen LogP contribution is 2.22. The van der Waals surface area contributed by atoms with Crippen LogP contribution in [0.4, 0.5) is 4.79 Å². The van der Waals surface area contributed by atoms with Crippen LogP contribution in [0.3, 0.4) is 0 Å². The van der Waals surface area contributed by atoms with Gasteiger partial charge in [0.25, 0.3) is 5.91 Å². The van der Waals surface area contributed by atoms with Gasteiger partial charge in [-0.2, -0.15) is 0 Å². The lowest BCUT2D eigenvalue weighted by atomic mass is 9.91. The highest BCUT2D eigenvalue weighted by atomic mass is 16.6. The maximum Gasteiger partial charge on any atom is 0.408 e. The molecule has 2 amide bonds. The first kappa shape index (κ1) is 14.8. The van der Waals surface area contributed by atoms with Gasteiger partial charge in [-0.3, -0.25) is 9.59 Å². The number of benzene rings is 1. The smallest absolute Gasteiger partial charge is 0.408 e. The zero-order valence-corrected chi connectivity index (χ0v) is 11.7. The first-order valence-electron chi connectivity index (χ1n) is 6.39. The molecule has 0 aliphatic carbocycles. The Labute approximate surface area is 121 Å². The van der Waals surface area contributed by atoms with Gasteiger partial charge in [-0.05, 0) is 12.5 Å². The predicted molar refractivity (Wildman–Crippen MR) is 71.9 cm³/mol. The third-order valence-electron chi connectivity index (χ3n) is 3.12. The van der Waals surface area contributed by atoms with Crippen molar-refractivity contribution in [3.8, 4) is 0 Å². The van der Waals surface area contributed by atoms with Crippen LogP contribution in [0.25, 0.3) is 0 Å². The normalized spacial score (nSPS) is 23.5. The molecule has 7 nitrogen and oxygen atoms in total. The molecule has 0 radical (unpaired) electrons. The summed E-state index contributed by atoms with van der Waals surface area (Å²) in [5, 5.41) is 4.81. The van der Waals surface area contributed by atoms with Gasteiger partial charge in [0, 0.05) is 6.92 Å². The van der Waals surface area contributed by atoms with E-state index in [9.17, 15) is 14.4 Å². The molecule has 2 rings (SSSR count). The molecule has 0 bridgehead atoms. The molecule has 0 unspecified atom stereocenters. The third-order valence-corrected chi connectivity index (χ3v) is 3.12. The van der Waals surface area contributed by atoms with Crippen LogP contribution in [0.1, 0.15) is 19.4 Å². The molecule has 1 aliphatic rings. The van der Waals surface area contributed by atoms with Crippen LogP contribution < -0.4 is 10.6 Å². The minimum Gasteiger partial charge on any atom is -0.445 e. The van der Waals surface area contributed by atoms with Gasteiger partial charge in [-0.15, -0.1) is 0 Å². The second kappa shape index (κ2) is 5.82. The van der Waals surface area contributed by atoms with Crippen molar-refractivity contribution in [2.24, 2.45) is 0 Å². The van der Waals surface area contributed by atoms with E-state index in [0.29, 0.717) is 0 Å². The Bertz CT molecular complexity index is 560. The highest BCUT2D eigenvalue weighted by molar-refractivity contribution is 5.96. The van der Waals surface area contributed by atoms with E-state index in [1.54, 1.807) is 0 Å². The van der Waals surface area contributed by atoms with E-state index in [0.717, 1.165) is 5.56 Å². The summed E-state index contributed by atoms with van der Waals surface area (Å²) in [4.78, 5) is 34.2. The van der Waals surface area contributed by atoms with Crippen LogP contribution in [0.5, 0.6) is 0 Å². The molecule has 7 heteroatoms. The molecule has 21 heavy (non-hydrogen) atoms. The maximum atomic E-state index is 11.7. The zero-order chi connectivity index (χ0) is 15.5. The summed E-state index contributed by atoms with van der Waals surface area (Å²) < 4.78 is 9.93. The number of hydrogen-bond donors (Lipinski definition) is 2. The van der Waals surface area contributed by atoms with Gasteiger partial charge in [0.05, 0.1) is 0 Å². The Balaban J connectivity index is 1.89. The first-order chi connectivity index (χ1) is 9.91. The summed E-state index contributed by atoms with van der Waals surface area (Å²) in [6.45, 7) is 2.77. The van der Waals surface area contributed by atoms with Crippen LogP contribution in [0.15, 0.2) is 30.3 Å². The van der Waals surface area contributed by atoms with Gasteiger partial charge in [0.1, 0.15) is 6.61 Å². The molecule has 0 aromatic heterocycles. The third kappa shape index (κ3) is 3.31. The second-order valence-electron chi connectivity index (χ2n) is 4.85. The van der Waals surface area contributed by atoms with E-state index in [-0.39, 0.29) is 6.61 Å². The number of ether oxygens (including phenoxy) is 2. The maximum absolute atomic E-state index is 11.7. The van der Waals surface area contributed by atoms with Crippen LogP contribution >= 0.6 is 0 Å². The molecule has 1 saturated heterocycles. The number of amides is 2. The fraction of sp³-hybridized carbons (Fsp3) is 0.357. The molecular formula is C14H16N2O5. The number of β-lactam (4-membered cyclic amide) rings is 1. The topological polar surface area (TPSA) is 93.7 Å². The summed E-state index contributed by atoms with van der Waals surface area (Å²) in [5.74, 6) is -0.990. The molecule has 1 heterocycles. The Morgan fingerprint density at radius 1 is 1.33 bits per heavy atom. The summed E-state index contributed by atoms with van der Waals surface area (Å²) in [6, 6.07) is 9.13. The van der Waals surface area contributed by atoms with E-state index >= 15 is 0 Å². The Morgan fingerprint density at radius 3 is 2.57 bits per heavy atom. The SMILES string of the molecule is CC(=O)O[C@@H]1NC(=O)[C@@]1(C)NC(=O)OCc1ccccc1. The molecule has 112 valence electrons. The van der Waals surface area contributed by atoms with Crippen molar-refractivity contribution in [1.82, 2.24) is 10.6 Å². The Morgan fingerprint density at radius 2 is 2.00 bits per heavy atom. The van der Waals surface area contributed by atoms with Crippen LogP contribution in [0.2, 0.25) is 0 Å². The lowest BCUT2D eigenvalue weighted by Gasteiger charge is -2.44. The fourth-order valence-electron chi connectivity index (χ4n) is 1.86. The molecule has 1 aromatic rings. The van der Waals surface area contributed by atoms with Gasteiger partial charge >= 0.3 is 12.1 Å². The second-order valence-corrected chi connectivity index (χ2v) is 4.85. The van der Waals surface area contributed by atoms with Gasteiger partial charge < -0.3 is 20.1 Å². The summed E-state index contributed by atoms with van der Waals surface area (Å²) in [5.41, 5.74) is -0.494. The van der Waals surface area contributed by atoms with Crippen molar-refractivity contribution < 1.29 is 23.9 Å². The van der Waals surface area contributed by atoms with E-state index < -0.39 is 29.7 Å². The van der Waals surface area contributed by atoms with Crippen molar-refractivity contribution in [2.75, 3.05) is 0 Å². The zero-order valence-electron chi connectivity index (χ0n) is 11.7.